The van der Waals surface area contributed by atoms with Gasteiger partial charge in [0, 0.05) is 11.1 Å². The highest BCUT2D eigenvalue weighted by molar-refractivity contribution is 7.17. The van der Waals surface area contributed by atoms with Gasteiger partial charge >= 0.3 is 0 Å². The zero-order valence-corrected chi connectivity index (χ0v) is 13.5. The summed E-state index contributed by atoms with van der Waals surface area (Å²) in [5, 5.41) is 7.13. The van der Waals surface area contributed by atoms with E-state index in [9.17, 15) is 0 Å². The SMILES string of the molecule is COc1cc(Cl)c(C)cc1Nc1ncnc2scc(C)c12. The van der Waals surface area contributed by atoms with E-state index in [4.69, 9.17) is 16.3 Å². The van der Waals surface area contributed by atoms with Crippen LogP contribution >= 0.6 is 22.9 Å². The molecule has 1 aromatic carbocycles. The highest BCUT2D eigenvalue weighted by Crippen LogP contribution is 2.35. The maximum atomic E-state index is 6.14. The lowest BCUT2D eigenvalue weighted by Gasteiger charge is -2.13. The maximum absolute atomic E-state index is 6.14. The van der Waals surface area contributed by atoms with Gasteiger partial charge in [0.2, 0.25) is 0 Å². The number of halogens is 1. The topological polar surface area (TPSA) is 47.0 Å². The molecule has 2 aromatic heterocycles. The van der Waals surface area contributed by atoms with Crippen molar-refractivity contribution in [2.24, 2.45) is 0 Å². The second-order valence-electron chi connectivity index (χ2n) is 4.75. The lowest BCUT2D eigenvalue weighted by molar-refractivity contribution is 0.416. The molecule has 0 saturated heterocycles. The number of nitrogens with one attached hydrogen (secondary N) is 1. The van der Waals surface area contributed by atoms with Crippen molar-refractivity contribution in [2.75, 3.05) is 12.4 Å². The highest BCUT2D eigenvalue weighted by atomic mass is 35.5. The summed E-state index contributed by atoms with van der Waals surface area (Å²) in [7, 11) is 1.62. The third kappa shape index (κ3) is 2.54. The first-order valence-corrected chi connectivity index (χ1v) is 7.66. The summed E-state index contributed by atoms with van der Waals surface area (Å²) in [6.45, 7) is 4.01. The van der Waals surface area contributed by atoms with Crippen LogP contribution in [0.5, 0.6) is 5.75 Å². The Balaban J connectivity index is 2.10. The number of hydrogen-bond donors (Lipinski definition) is 1. The molecule has 0 fully saturated rings. The van der Waals surface area contributed by atoms with E-state index in [1.807, 2.05) is 13.0 Å². The molecule has 0 aliphatic heterocycles. The van der Waals surface area contributed by atoms with Crippen molar-refractivity contribution in [3.05, 3.63) is 40.0 Å². The molecule has 3 rings (SSSR count). The molecule has 108 valence electrons. The van der Waals surface area contributed by atoms with Crippen LogP contribution in [0.15, 0.2) is 23.8 Å². The van der Waals surface area contributed by atoms with E-state index >= 15 is 0 Å². The van der Waals surface area contributed by atoms with Crippen LogP contribution in [-0.2, 0) is 0 Å². The first-order chi connectivity index (χ1) is 10.1. The standard InChI is InChI=1S/C15H14ClN3OS/c1-8-4-11(12(20-3)5-10(8)16)19-14-13-9(2)6-21-15(13)18-7-17-14/h4-7H,1-3H3,(H,17,18,19). The van der Waals surface area contributed by atoms with E-state index in [0.717, 1.165) is 32.8 Å². The quantitative estimate of drug-likeness (QED) is 0.759. The summed E-state index contributed by atoms with van der Waals surface area (Å²) in [6.07, 6.45) is 1.57. The van der Waals surface area contributed by atoms with Crippen LogP contribution in [0.2, 0.25) is 5.02 Å². The fraction of sp³-hybridized carbons (Fsp3) is 0.200. The summed E-state index contributed by atoms with van der Waals surface area (Å²) < 4.78 is 5.39. The van der Waals surface area contributed by atoms with Crippen LogP contribution in [0.25, 0.3) is 10.2 Å². The lowest BCUT2D eigenvalue weighted by atomic mass is 10.2. The normalized spacial score (nSPS) is 10.9. The van der Waals surface area contributed by atoms with Crippen LogP contribution in [0.3, 0.4) is 0 Å². The molecule has 0 aliphatic carbocycles. The van der Waals surface area contributed by atoms with Gasteiger partial charge in [-0.2, -0.15) is 0 Å². The number of methoxy groups -OCH3 is 1. The number of aromatic nitrogens is 2. The summed E-state index contributed by atoms with van der Waals surface area (Å²) in [5.41, 5.74) is 2.97. The number of thiophene rings is 1. The molecule has 0 bridgehead atoms. The van der Waals surface area contributed by atoms with Crippen molar-refractivity contribution < 1.29 is 4.74 Å². The molecule has 0 atom stereocenters. The van der Waals surface area contributed by atoms with Gasteiger partial charge in [-0.25, -0.2) is 9.97 Å². The number of nitrogens with zero attached hydrogens (tertiary/aromatic N) is 2. The first kappa shape index (κ1) is 14.1. The zero-order chi connectivity index (χ0) is 15.0. The molecule has 0 spiro atoms. The van der Waals surface area contributed by atoms with Gasteiger partial charge in [-0.1, -0.05) is 11.6 Å². The van der Waals surface area contributed by atoms with E-state index in [2.05, 4.69) is 27.6 Å². The molecule has 4 nitrogen and oxygen atoms in total. The summed E-state index contributed by atoms with van der Waals surface area (Å²) in [4.78, 5) is 9.62. The largest absolute Gasteiger partial charge is 0.495 e. The smallest absolute Gasteiger partial charge is 0.143 e. The minimum Gasteiger partial charge on any atom is -0.495 e. The van der Waals surface area contributed by atoms with Gasteiger partial charge in [-0.3, -0.25) is 0 Å². The Morgan fingerprint density at radius 1 is 1.19 bits per heavy atom. The average Bonchev–Trinajstić information content (AvgIpc) is 2.85. The van der Waals surface area contributed by atoms with Gasteiger partial charge in [0.15, 0.2) is 0 Å². The molecular formula is C15H14ClN3OS. The molecule has 6 heteroatoms. The Bertz CT molecular complexity index is 816. The Hall–Kier alpha value is -1.85. The molecule has 0 unspecified atom stereocenters. The Labute approximate surface area is 131 Å². The number of rotatable bonds is 3. The Morgan fingerprint density at radius 3 is 2.76 bits per heavy atom. The summed E-state index contributed by atoms with van der Waals surface area (Å²) in [6, 6.07) is 3.76. The predicted molar refractivity (Wildman–Crippen MR) is 88.2 cm³/mol. The summed E-state index contributed by atoms with van der Waals surface area (Å²) in [5.74, 6) is 1.46. The van der Waals surface area contributed by atoms with Gasteiger partial charge < -0.3 is 10.1 Å². The lowest BCUT2D eigenvalue weighted by Crippen LogP contribution is -1.99. The number of hydrogen-bond acceptors (Lipinski definition) is 5. The van der Waals surface area contributed by atoms with Gasteiger partial charge in [0.25, 0.3) is 0 Å². The van der Waals surface area contributed by atoms with Crippen LogP contribution < -0.4 is 10.1 Å². The van der Waals surface area contributed by atoms with E-state index in [-0.39, 0.29) is 0 Å². The number of anilines is 2. The van der Waals surface area contributed by atoms with E-state index in [1.165, 1.54) is 0 Å². The number of fused-ring (bicyclic) bond motifs is 1. The third-order valence-electron chi connectivity index (χ3n) is 3.29. The maximum Gasteiger partial charge on any atom is 0.143 e. The third-order valence-corrected chi connectivity index (χ3v) is 4.70. The van der Waals surface area contributed by atoms with Gasteiger partial charge in [-0.05, 0) is 36.4 Å². The minimum absolute atomic E-state index is 0.678. The van der Waals surface area contributed by atoms with Crippen molar-refractivity contribution in [1.82, 2.24) is 9.97 Å². The molecule has 21 heavy (non-hydrogen) atoms. The number of benzene rings is 1. The van der Waals surface area contributed by atoms with Crippen molar-refractivity contribution in [3.8, 4) is 5.75 Å². The van der Waals surface area contributed by atoms with Crippen molar-refractivity contribution in [1.29, 1.82) is 0 Å². The van der Waals surface area contributed by atoms with Crippen molar-refractivity contribution in [3.63, 3.8) is 0 Å². The van der Waals surface area contributed by atoms with Gasteiger partial charge in [-0.15, -0.1) is 11.3 Å². The van der Waals surface area contributed by atoms with Crippen LogP contribution in [-0.4, -0.2) is 17.1 Å². The molecule has 2 heterocycles. The molecule has 0 saturated carbocycles. The van der Waals surface area contributed by atoms with Crippen molar-refractivity contribution >= 4 is 44.7 Å². The van der Waals surface area contributed by atoms with Gasteiger partial charge in [0.1, 0.15) is 22.7 Å². The molecule has 0 amide bonds. The number of ether oxygens (including phenoxy) is 1. The van der Waals surface area contributed by atoms with Crippen LogP contribution in [0.1, 0.15) is 11.1 Å². The van der Waals surface area contributed by atoms with E-state index < -0.39 is 0 Å². The second kappa shape index (κ2) is 5.50. The molecule has 1 N–H and O–H groups in total. The minimum atomic E-state index is 0.678. The number of aryl methyl sites for hydroxylation is 2. The van der Waals surface area contributed by atoms with Crippen LogP contribution in [0.4, 0.5) is 11.5 Å². The second-order valence-corrected chi connectivity index (χ2v) is 6.01. The Kier molecular flexibility index (Phi) is 3.69. The first-order valence-electron chi connectivity index (χ1n) is 6.40. The van der Waals surface area contributed by atoms with Crippen molar-refractivity contribution in [2.45, 2.75) is 13.8 Å². The van der Waals surface area contributed by atoms with E-state index in [0.29, 0.717) is 10.8 Å². The highest BCUT2D eigenvalue weighted by Gasteiger charge is 2.12. The molecule has 3 aromatic rings. The Morgan fingerprint density at radius 2 is 2.00 bits per heavy atom. The van der Waals surface area contributed by atoms with Gasteiger partial charge in [0.05, 0.1) is 18.2 Å². The summed E-state index contributed by atoms with van der Waals surface area (Å²) >= 11 is 7.75. The van der Waals surface area contributed by atoms with E-state index in [1.54, 1.807) is 30.8 Å². The average molecular weight is 320 g/mol. The molecule has 0 radical (unpaired) electrons. The fourth-order valence-corrected chi connectivity index (χ4v) is 3.21. The monoisotopic (exact) mass is 319 g/mol. The molecule has 0 aliphatic rings. The predicted octanol–water partition coefficient (Wildman–Crippen LogP) is 4.71. The fourth-order valence-electron chi connectivity index (χ4n) is 2.17. The van der Waals surface area contributed by atoms with Crippen LogP contribution in [0, 0.1) is 13.8 Å². The zero-order valence-electron chi connectivity index (χ0n) is 11.9. The molecular weight excluding hydrogens is 306 g/mol.